The fourth-order valence-electron chi connectivity index (χ4n) is 3.92. The van der Waals surface area contributed by atoms with Crippen molar-refractivity contribution < 1.29 is 0 Å². The Kier molecular flexibility index (Phi) is 2.88. The highest BCUT2D eigenvalue weighted by molar-refractivity contribution is 5.82. The fourth-order valence-corrected chi connectivity index (χ4v) is 3.92. The van der Waals surface area contributed by atoms with Gasteiger partial charge in [0, 0.05) is 18.0 Å². The minimum absolute atomic E-state index is 0.689. The smallest absolute Gasteiger partial charge is 0.132 e. The van der Waals surface area contributed by atoms with Crippen LogP contribution in [-0.2, 0) is 6.42 Å². The summed E-state index contributed by atoms with van der Waals surface area (Å²) >= 11 is 0. The molecule has 1 saturated heterocycles. The SMILES string of the molecule is NCCc1cc2ccccc2nc1N1CC2CCC1C2. The number of anilines is 1. The van der Waals surface area contributed by atoms with E-state index < -0.39 is 0 Å². The van der Waals surface area contributed by atoms with E-state index in [0.717, 1.165) is 17.9 Å². The van der Waals surface area contributed by atoms with Crippen molar-refractivity contribution in [3.63, 3.8) is 0 Å². The largest absolute Gasteiger partial charge is 0.353 e. The van der Waals surface area contributed by atoms with Gasteiger partial charge in [-0.05, 0) is 55.8 Å². The van der Waals surface area contributed by atoms with E-state index in [9.17, 15) is 0 Å². The van der Waals surface area contributed by atoms with Gasteiger partial charge in [0.2, 0.25) is 0 Å². The van der Waals surface area contributed by atoms with Gasteiger partial charge in [-0.1, -0.05) is 18.2 Å². The molecule has 1 aliphatic carbocycles. The predicted octanol–water partition coefficient (Wildman–Crippen LogP) is 2.72. The average molecular weight is 267 g/mol. The highest BCUT2D eigenvalue weighted by Gasteiger charge is 2.39. The van der Waals surface area contributed by atoms with Crippen LogP contribution in [-0.4, -0.2) is 24.1 Å². The lowest BCUT2D eigenvalue weighted by Gasteiger charge is -2.30. The molecule has 0 amide bonds. The Morgan fingerprint density at radius 1 is 1.25 bits per heavy atom. The lowest BCUT2D eigenvalue weighted by molar-refractivity contribution is 0.549. The molecule has 1 aromatic heterocycles. The fraction of sp³-hybridized carbons (Fsp3) is 0.471. The number of pyridine rings is 1. The van der Waals surface area contributed by atoms with Crippen molar-refractivity contribution >= 4 is 16.7 Å². The lowest BCUT2D eigenvalue weighted by Crippen LogP contribution is -2.33. The van der Waals surface area contributed by atoms with Gasteiger partial charge < -0.3 is 10.6 Å². The zero-order chi connectivity index (χ0) is 13.5. The van der Waals surface area contributed by atoms with Gasteiger partial charge in [0.25, 0.3) is 0 Å². The molecule has 0 radical (unpaired) electrons. The summed E-state index contributed by atoms with van der Waals surface area (Å²) in [6.45, 7) is 1.88. The quantitative estimate of drug-likeness (QED) is 0.929. The van der Waals surface area contributed by atoms with Crippen molar-refractivity contribution in [3.05, 3.63) is 35.9 Å². The highest BCUT2D eigenvalue weighted by atomic mass is 15.2. The topological polar surface area (TPSA) is 42.1 Å². The van der Waals surface area contributed by atoms with Gasteiger partial charge >= 0.3 is 0 Å². The first-order chi connectivity index (χ1) is 9.85. The second-order valence-electron chi connectivity index (χ2n) is 6.19. The van der Waals surface area contributed by atoms with Crippen LogP contribution in [0.4, 0.5) is 5.82 Å². The first kappa shape index (κ1) is 12.2. The Labute approximate surface area is 119 Å². The van der Waals surface area contributed by atoms with Crippen molar-refractivity contribution in [3.8, 4) is 0 Å². The van der Waals surface area contributed by atoms with E-state index in [1.165, 1.54) is 42.6 Å². The van der Waals surface area contributed by atoms with Gasteiger partial charge in [0.15, 0.2) is 0 Å². The molecule has 1 aliphatic heterocycles. The van der Waals surface area contributed by atoms with Gasteiger partial charge in [-0.2, -0.15) is 0 Å². The summed E-state index contributed by atoms with van der Waals surface area (Å²) in [4.78, 5) is 7.51. The summed E-state index contributed by atoms with van der Waals surface area (Å²) in [7, 11) is 0. The second kappa shape index (κ2) is 4.74. The molecule has 0 spiro atoms. The van der Waals surface area contributed by atoms with Gasteiger partial charge in [-0.15, -0.1) is 0 Å². The van der Waals surface area contributed by atoms with E-state index in [-0.39, 0.29) is 0 Å². The van der Waals surface area contributed by atoms with E-state index in [4.69, 9.17) is 10.7 Å². The van der Waals surface area contributed by atoms with Crippen LogP contribution in [0.5, 0.6) is 0 Å². The Morgan fingerprint density at radius 3 is 2.90 bits per heavy atom. The summed E-state index contributed by atoms with van der Waals surface area (Å²) in [5.41, 5.74) is 8.22. The normalized spacial score (nSPS) is 24.8. The van der Waals surface area contributed by atoms with Crippen molar-refractivity contribution in [2.45, 2.75) is 31.7 Å². The molecule has 4 rings (SSSR count). The van der Waals surface area contributed by atoms with Gasteiger partial charge in [0.05, 0.1) is 5.52 Å². The molecule has 2 aliphatic rings. The summed E-state index contributed by atoms with van der Waals surface area (Å²) in [5.74, 6) is 2.08. The van der Waals surface area contributed by atoms with Crippen LogP contribution in [0.2, 0.25) is 0 Å². The van der Waals surface area contributed by atoms with E-state index in [0.29, 0.717) is 12.6 Å². The number of para-hydroxylation sites is 1. The summed E-state index contributed by atoms with van der Waals surface area (Å²) in [6.07, 6.45) is 5.01. The predicted molar refractivity (Wildman–Crippen MR) is 83.0 cm³/mol. The molecule has 2 atom stereocenters. The molecule has 104 valence electrons. The Balaban J connectivity index is 1.81. The lowest BCUT2D eigenvalue weighted by atomic mass is 10.1. The third-order valence-electron chi connectivity index (χ3n) is 4.87. The van der Waals surface area contributed by atoms with Crippen LogP contribution >= 0.6 is 0 Å². The van der Waals surface area contributed by atoms with E-state index in [1.807, 2.05) is 0 Å². The average Bonchev–Trinajstić information content (AvgIpc) is 3.09. The zero-order valence-electron chi connectivity index (χ0n) is 11.8. The summed E-state index contributed by atoms with van der Waals surface area (Å²) in [6, 6.07) is 11.4. The maximum atomic E-state index is 5.80. The van der Waals surface area contributed by atoms with Crippen molar-refractivity contribution in [2.75, 3.05) is 18.0 Å². The number of benzene rings is 1. The zero-order valence-corrected chi connectivity index (χ0v) is 11.8. The maximum Gasteiger partial charge on any atom is 0.132 e. The first-order valence-corrected chi connectivity index (χ1v) is 7.70. The molecule has 2 fully saturated rings. The molecule has 3 heteroatoms. The molecule has 2 N–H and O–H groups in total. The molecule has 1 saturated carbocycles. The molecule has 3 nitrogen and oxygen atoms in total. The molecule has 2 heterocycles. The van der Waals surface area contributed by atoms with Gasteiger partial charge in [-0.3, -0.25) is 0 Å². The molecular weight excluding hydrogens is 246 g/mol. The summed E-state index contributed by atoms with van der Waals surface area (Å²) in [5, 5.41) is 1.23. The molecule has 2 aromatic rings. The third-order valence-corrected chi connectivity index (χ3v) is 4.87. The minimum Gasteiger partial charge on any atom is -0.353 e. The summed E-state index contributed by atoms with van der Waals surface area (Å²) < 4.78 is 0. The Bertz CT molecular complexity index is 637. The maximum absolute atomic E-state index is 5.80. The number of hydrogen-bond acceptors (Lipinski definition) is 3. The number of piperidine rings is 1. The first-order valence-electron chi connectivity index (χ1n) is 7.70. The number of fused-ring (bicyclic) bond motifs is 3. The molecular formula is C17H21N3. The van der Waals surface area contributed by atoms with Crippen LogP contribution in [0.15, 0.2) is 30.3 Å². The Hall–Kier alpha value is -1.61. The van der Waals surface area contributed by atoms with Crippen molar-refractivity contribution in [2.24, 2.45) is 11.7 Å². The number of nitrogens with zero attached hydrogens (tertiary/aromatic N) is 2. The Morgan fingerprint density at radius 2 is 2.15 bits per heavy atom. The van der Waals surface area contributed by atoms with E-state index in [2.05, 4.69) is 35.2 Å². The van der Waals surface area contributed by atoms with Crippen LogP contribution in [0.1, 0.15) is 24.8 Å². The standard InChI is InChI=1S/C17H21N3/c18-8-7-14-10-13-3-1-2-4-16(13)19-17(14)20-11-12-5-6-15(20)9-12/h1-4,10,12,15H,5-9,11,18H2. The number of rotatable bonds is 3. The van der Waals surface area contributed by atoms with Crippen LogP contribution in [0.25, 0.3) is 10.9 Å². The molecule has 2 unspecified atom stereocenters. The van der Waals surface area contributed by atoms with Crippen LogP contribution in [0.3, 0.4) is 0 Å². The number of aromatic nitrogens is 1. The van der Waals surface area contributed by atoms with Gasteiger partial charge in [-0.25, -0.2) is 4.98 Å². The highest BCUT2D eigenvalue weighted by Crippen LogP contribution is 2.41. The number of hydrogen-bond donors (Lipinski definition) is 1. The molecule has 20 heavy (non-hydrogen) atoms. The number of nitrogens with two attached hydrogens (primary N) is 1. The molecule has 1 aromatic carbocycles. The van der Waals surface area contributed by atoms with E-state index in [1.54, 1.807) is 0 Å². The van der Waals surface area contributed by atoms with Crippen LogP contribution in [0, 0.1) is 5.92 Å². The minimum atomic E-state index is 0.689. The van der Waals surface area contributed by atoms with Crippen LogP contribution < -0.4 is 10.6 Å². The monoisotopic (exact) mass is 267 g/mol. The van der Waals surface area contributed by atoms with Crippen molar-refractivity contribution in [1.29, 1.82) is 0 Å². The molecule has 2 bridgehead atoms. The van der Waals surface area contributed by atoms with Gasteiger partial charge in [0.1, 0.15) is 5.82 Å². The second-order valence-corrected chi connectivity index (χ2v) is 6.19. The van der Waals surface area contributed by atoms with E-state index >= 15 is 0 Å². The third kappa shape index (κ3) is 1.88. The van der Waals surface area contributed by atoms with Crippen molar-refractivity contribution in [1.82, 2.24) is 4.98 Å².